The number of amides is 1. The molecule has 3 aromatic rings. The Bertz CT molecular complexity index is 1230. The number of aromatic amines is 1. The number of alkyl halides is 1. The first-order valence-corrected chi connectivity index (χ1v) is 13.4. The number of nitrogens with one attached hydrogen (secondary N) is 3. The number of methoxy groups -OCH3 is 1. The number of carbonyl (C=O) groups excluding carboxylic acids is 2. The van der Waals surface area contributed by atoms with Gasteiger partial charge in [-0.1, -0.05) is 0 Å². The third-order valence-corrected chi connectivity index (χ3v) is 9.20. The molecule has 12 heteroatoms. The first-order chi connectivity index (χ1) is 15.5. The van der Waals surface area contributed by atoms with Crippen molar-refractivity contribution in [2.45, 2.75) is 10.5 Å². The number of halogens is 3. The summed E-state index contributed by atoms with van der Waals surface area (Å²) in [7, 11) is 1.38. The van der Waals surface area contributed by atoms with Crippen molar-refractivity contribution in [1.29, 1.82) is 0 Å². The van der Waals surface area contributed by atoms with Crippen LogP contribution >= 0.6 is 0 Å². The number of carbonyl (C=O) groups is 2. The van der Waals surface area contributed by atoms with Gasteiger partial charge >= 0.3 is 204 Å². The Morgan fingerprint density at radius 1 is 1.28 bits per heavy atom. The molecule has 2 aliphatic rings. The van der Waals surface area contributed by atoms with Crippen molar-refractivity contribution in [3.8, 4) is 22.8 Å². The van der Waals surface area contributed by atoms with Crippen LogP contribution in [0.1, 0.15) is 16.1 Å². The molecule has 32 heavy (non-hydrogen) atoms. The van der Waals surface area contributed by atoms with Crippen LogP contribution in [-0.4, -0.2) is 31.0 Å². The van der Waals surface area contributed by atoms with Crippen LogP contribution in [0.3, 0.4) is 0 Å². The van der Waals surface area contributed by atoms with Crippen LogP contribution < -0.4 is 61.7 Å². The monoisotopic (exact) mass is 664 g/mol. The van der Waals surface area contributed by atoms with Gasteiger partial charge in [-0.2, -0.15) is 0 Å². The number of benzene rings is 1. The number of rotatable bonds is 3. The number of fused-ring (bicyclic) bond motifs is 4. The maximum atomic E-state index is 14.3. The van der Waals surface area contributed by atoms with Crippen molar-refractivity contribution in [2.75, 3.05) is 12.4 Å². The molecule has 5 rings (SSSR count). The Labute approximate surface area is 203 Å². The third kappa shape index (κ3) is 3.85. The minimum absolute atomic E-state index is 0.0299. The van der Waals surface area contributed by atoms with Gasteiger partial charge in [0, 0.05) is 0 Å². The van der Waals surface area contributed by atoms with E-state index in [2.05, 4.69) is 20.6 Å². The third-order valence-electron chi connectivity index (χ3n) is 4.89. The van der Waals surface area contributed by atoms with E-state index >= 15 is 0 Å². The Morgan fingerprint density at radius 2 is 2.16 bits per heavy atom. The summed E-state index contributed by atoms with van der Waals surface area (Å²) >= 11 is -2.45. The predicted molar refractivity (Wildman–Crippen MR) is 102 cm³/mol. The quantitative estimate of drug-likeness (QED) is 0.119. The molecule has 4 heterocycles. The van der Waals surface area contributed by atoms with Gasteiger partial charge in [0.25, 0.3) is 0 Å². The van der Waals surface area contributed by atoms with Crippen molar-refractivity contribution in [1.82, 2.24) is 15.3 Å². The van der Waals surface area contributed by atoms with Gasteiger partial charge in [-0.15, -0.1) is 0 Å². The molecule has 1 atom stereocenters. The summed E-state index contributed by atoms with van der Waals surface area (Å²) in [6, 6.07) is 6.25. The fraction of sp³-hybridized carbons (Fsp3) is 0.150. The van der Waals surface area contributed by atoms with E-state index in [4.69, 9.17) is 10.9 Å². The number of aromatic nitrogens is 2. The fourth-order valence-corrected chi connectivity index (χ4v) is 7.27. The standard InChI is InChI=1S/C20H15FI2N4O5/c1-30-18-10(21)3-2-4-11(18)25-17-15-12-7-14(27-19(15)28)22-20(29)32-23-31-13-8-24-6-5-9(13)16(17)26-12/h2-6,8,14,25-26H,7H2,1H3,(H,27,28)/q-2. The average Bonchev–Trinajstić information content (AvgIpc) is 3.12. The molecule has 1 unspecified atom stereocenters. The number of anilines is 2. The van der Waals surface area contributed by atoms with E-state index in [1.807, 2.05) is 0 Å². The summed E-state index contributed by atoms with van der Waals surface area (Å²) < 4.78 is 30.0. The summed E-state index contributed by atoms with van der Waals surface area (Å²) in [6.07, 6.45) is 3.58. The van der Waals surface area contributed by atoms with E-state index in [0.29, 0.717) is 46.1 Å². The summed E-state index contributed by atoms with van der Waals surface area (Å²) in [4.78, 5) is 32.8. The van der Waals surface area contributed by atoms with Crippen LogP contribution in [0.25, 0.3) is 11.3 Å². The van der Waals surface area contributed by atoms with Crippen molar-refractivity contribution >= 4 is 21.3 Å². The Kier molecular flexibility index (Phi) is 5.79. The van der Waals surface area contributed by atoms with E-state index in [1.54, 1.807) is 24.4 Å². The van der Waals surface area contributed by atoms with E-state index in [0.717, 1.165) is 0 Å². The number of hydrogen-bond acceptors (Lipinski definition) is 7. The van der Waals surface area contributed by atoms with Crippen LogP contribution in [0.4, 0.5) is 20.6 Å². The molecule has 0 fully saturated rings. The Hall–Kier alpha value is -2.62. The van der Waals surface area contributed by atoms with E-state index < -0.39 is 49.1 Å². The van der Waals surface area contributed by atoms with Crippen LogP contribution in [-0.2, 0) is 9.49 Å². The van der Waals surface area contributed by atoms with Gasteiger partial charge in [-0.25, -0.2) is 0 Å². The van der Waals surface area contributed by atoms with E-state index in [-0.39, 0.29) is 19.7 Å². The first kappa shape index (κ1) is 21.2. The zero-order chi connectivity index (χ0) is 22.2. The van der Waals surface area contributed by atoms with Gasteiger partial charge in [0.05, 0.1) is 0 Å². The summed E-state index contributed by atoms with van der Waals surface area (Å²) in [5.41, 5.74) is 3.11. The SMILES string of the molecule is COc1c(F)cccc1Nc1c2[nH]c3c1C(=O)NC(C3)[I-]C(=O)O[I-]Oc1cnccc1-2. The fourth-order valence-electron chi connectivity index (χ4n) is 3.59. The van der Waals surface area contributed by atoms with Crippen molar-refractivity contribution in [2.24, 2.45) is 0 Å². The number of H-pyrrole nitrogens is 1. The second-order valence-electron chi connectivity index (χ2n) is 6.76. The first-order valence-electron chi connectivity index (χ1n) is 9.31. The van der Waals surface area contributed by atoms with Crippen molar-refractivity contribution in [3.63, 3.8) is 0 Å². The molecule has 0 spiro atoms. The zero-order valence-corrected chi connectivity index (χ0v) is 20.7. The molecule has 0 aliphatic carbocycles. The Morgan fingerprint density at radius 3 is 3.00 bits per heavy atom. The van der Waals surface area contributed by atoms with Gasteiger partial charge in [0.2, 0.25) is 0 Å². The van der Waals surface area contributed by atoms with Crippen LogP contribution in [0, 0.1) is 5.82 Å². The molecule has 2 aromatic heterocycles. The topological polar surface area (TPSA) is 115 Å². The predicted octanol–water partition coefficient (Wildman–Crippen LogP) is -2.88. The van der Waals surface area contributed by atoms with Gasteiger partial charge in [-0.3, -0.25) is 0 Å². The van der Waals surface area contributed by atoms with E-state index in [1.165, 1.54) is 19.4 Å². The molecule has 3 N–H and O–H groups in total. The van der Waals surface area contributed by atoms with Gasteiger partial charge in [-0.05, 0) is 0 Å². The van der Waals surface area contributed by atoms with Crippen molar-refractivity contribution < 1.29 is 68.1 Å². The molecule has 168 valence electrons. The minimum atomic E-state index is -1.35. The van der Waals surface area contributed by atoms with E-state index in [9.17, 15) is 14.0 Å². The van der Waals surface area contributed by atoms with Gasteiger partial charge in [0.1, 0.15) is 0 Å². The molecule has 2 aliphatic heterocycles. The second-order valence-corrected chi connectivity index (χ2v) is 11.0. The summed E-state index contributed by atoms with van der Waals surface area (Å²) in [6.45, 7) is 0. The van der Waals surface area contributed by atoms with Crippen LogP contribution in [0.5, 0.6) is 11.5 Å². The maximum absolute atomic E-state index is 14.3. The molecule has 3 bridgehead atoms. The molecular formula is C20H15FI2N4O5-2. The second kappa shape index (κ2) is 8.73. The molecular weight excluding hydrogens is 649 g/mol. The van der Waals surface area contributed by atoms with Gasteiger partial charge in [0.15, 0.2) is 0 Å². The number of hydrogen-bond donors (Lipinski definition) is 3. The molecule has 1 aromatic carbocycles. The molecule has 1 amide bonds. The average molecular weight is 664 g/mol. The number of pyridine rings is 1. The van der Waals surface area contributed by atoms with Gasteiger partial charge < -0.3 is 0 Å². The molecule has 0 radical (unpaired) electrons. The number of nitrogens with zero attached hydrogens (tertiary/aromatic N) is 1. The molecule has 0 saturated carbocycles. The summed E-state index contributed by atoms with van der Waals surface area (Å²) in [5.74, 6) is -0.412. The Balaban J connectivity index is 1.71. The molecule has 9 nitrogen and oxygen atoms in total. The summed E-state index contributed by atoms with van der Waals surface area (Å²) in [5, 5.41) is 6.10. The number of para-hydroxylation sites is 1. The van der Waals surface area contributed by atoms with Crippen LogP contribution in [0.2, 0.25) is 0 Å². The normalized spacial score (nSPS) is 17.8. The van der Waals surface area contributed by atoms with Crippen molar-refractivity contribution in [3.05, 3.63) is 53.7 Å². The number of ether oxygens (including phenoxy) is 1. The molecule has 0 saturated heterocycles. The zero-order valence-electron chi connectivity index (χ0n) is 16.4. The van der Waals surface area contributed by atoms with Crippen LogP contribution in [0.15, 0.2) is 36.7 Å².